The fourth-order valence-electron chi connectivity index (χ4n) is 2.94. The second-order valence-corrected chi connectivity index (χ2v) is 7.28. The highest BCUT2D eigenvalue weighted by Crippen LogP contribution is 2.17. The number of ether oxygens (including phenoxy) is 2. The lowest BCUT2D eigenvalue weighted by Crippen LogP contribution is -2.51. The van der Waals surface area contributed by atoms with Crippen LogP contribution in [0, 0.1) is 0 Å². The first-order chi connectivity index (χ1) is 14.4. The standard InChI is InChI=1S/C24H32N2O4/c1-5-18(2)25-24(28)19(3)26(16-15-20-9-7-6-8-10-20)23(27)17-30-22-13-11-21(29-4)12-14-22/h6-14,18-19H,5,15-17H2,1-4H3,(H,25,28). The maximum Gasteiger partial charge on any atom is 0.261 e. The molecule has 0 heterocycles. The van der Waals surface area contributed by atoms with E-state index in [0.717, 1.165) is 12.0 Å². The highest BCUT2D eigenvalue weighted by Gasteiger charge is 2.26. The van der Waals surface area contributed by atoms with Crippen LogP contribution in [0.5, 0.6) is 11.5 Å². The fourth-order valence-corrected chi connectivity index (χ4v) is 2.94. The Hall–Kier alpha value is -3.02. The lowest BCUT2D eigenvalue weighted by molar-refractivity contribution is -0.141. The predicted octanol–water partition coefficient (Wildman–Crippen LogP) is 3.45. The Bertz CT molecular complexity index is 793. The highest BCUT2D eigenvalue weighted by atomic mass is 16.5. The van der Waals surface area contributed by atoms with Gasteiger partial charge in [-0.05, 0) is 56.5 Å². The van der Waals surface area contributed by atoms with Crippen LogP contribution in [0.25, 0.3) is 0 Å². The van der Waals surface area contributed by atoms with Gasteiger partial charge in [-0.15, -0.1) is 0 Å². The first kappa shape index (κ1) is 23.3. The molecule has 162 valence electrons. The largest absolute Gasteiger partial charge is 0.497 e. The third-order valence-corrected chi connectivity index (χ3v) is 5.07. The van der Waals surface area contributed by atoms with Gasteiger partial charge in [0, 0.05) is 12.6 Å². The molecule has 0 radical (unpaired) electrons. The molecule has 6 heteroatoms. The molecule has 0 fully saturated rings. The quantitative estimate of drug-likeness (QED) is 0.614. The number of nitrogens with one attached hydrogen (secondary N) is 1. The van der Waals surface area contributed by atoms with Crippen LogP contribution in [0.15, 0.2) is 54.6 Å². The molecule has 0 saturated heterocycles. The molecule has 6 nitrogen and oxygen atoms in total. The molecule has 2 amide bonds. The Morgan fingerprint density at radius 3 is 2.23 bits per heavy atom. The van der Waals surface area contributed by atoms with Gasteiger partial charge in [-0.2, -0.15) is 0 Å². The zero-order valence-electron chi connectivity index (χ0n) is 18.3. The summed E-state index contributed by atoms with van der Waals surface area (Å²) in [6.07, 6.45) is 1.49. The normalized spacial score (nSPS) is 12.5. The average Bonchev–Trinajstić information content (AvgIpc) is 2.78. The SMILES string of the molecule is CCC(C)NC(=O)C(C)N(CCc1ccccc1)C(=O)COc1ccc(OC)cc1. The molecular weight excluding hydrogens is 380 g/mol. The molecule has 0 aliphatic heterocycles. The van der Waals surface area contributed by atoms with Crippen molar-refractivity contribution in [3.05, 3.63) is 60.2 Å². The summed E-state index contributed by atoms with van der Waals surface area (Å²) in [7, 11) is 1.59. The lowest BCUT2D eigenvalue weighted by atomic mass is 10.1. The number of rotatable bonds is 11. The van der Waals surface area contributed by atoms with E-state index in [0.29, 0.717) is 24.5 Å². The van der Waals surface area contributed by atoms with Crippen LogP contribution in [0.1, 0.15) is 32.8 Å². The van der Waals surface area contributed by atoms with Gasteiger partial charge < -0.3 is 19.7 Å². The summed E-state index contributed by atoms with van der Waals surface area (Å²) in [4.78, 5) is 27.2. The molecular formula is C24H32N2O4. The second-order valence-electron chi connectivity index (χ2n) is 7.28. The van der Waals surface area contributed by atoms with Crippen molar-refractivity contribution < 1.29 is 19.1 Å². The topological polar surface area (TPSA) is 67.9 Å². The smallest absolute Gasteiger partial charge is 0.261 e. The molecule has 2 aromatic rings. The van der Waals surface area contributed by atoms with E-state index in [4.69, 9.17) is 9.47 Å². The van der Waals surface area contributed by atoms with Gasteiger partial charge in [0.1, 0.15) is 17.5 Å². The summed E-state index contributed by atoms with van der Waals surface area (Å²) in [5, 5.41) is 2.96. The number of nitrogens with zero attached hydrogens (tertiary/aromatic N) is 1. The summed E-state index contributed by atoms with van der Waals surface area (Å²) in [5.41, 5.74) is 1.11. The first-order valence-corrected chi connectivity index (χ1v) is 10.3. The van der Waals surface area contributed by atoms with E-state index in [1.807, 2.05) is 44.2 Å². The molecule has 0 aliphatic rings. The van der Waals surface area contributed by atoms with E-state index in [1.54, 1.807) is 43.2 Å². The Balaban J connectivity index is 2.05. The van der Waals surface area contributed by atoms with Crippen molar-refractivity contribution in [2.75, 3.05) is 20.3 Å². The minimum Gasteiger partial charge on any atom is -0.497 e. The molecule has 2 atom stereocenters. The van der Waals surface area contributed by atoms with Crippen molar-refractivity contribution in [1.29, 1.82) is 0 Å². The van der Waals surface area contributed by atoms with Crippen LogP contribution < -0.4 is 14.8 Å². The van der Waals surface area contributed by atoms with E-state index in [-0.39, 0.29) is 24.5 Å². The minimum absolute atomic E-state index is 0.0570. The highest BCUT2D eigenvalue weighted by molar-refractivity contribution is 5.88. The van der Waals surface area contributed by atoms with Crippen LogP contribution in [-0.2, 0) is 16.0 Å². The summed E-state index contributed by atoms with van der Waals surface area (Å²) in [6, 6.07) is 16.4. The van der Waals surface area contributed by atoms with Crippen molar-refractivity contribution in [1.82, 2.24) is 10.2 Å². The maximum absolute atomic E-state index is 13.0. The summed E-state index contributed by atoms with van der Waals surface area (Å²) in [6.45, 7) is 6.02. The van der Waals surface area contributed by atoms with Crippen LogP contribution in [-0.4, -0.2) is 49.1 Å². The van der Waals surface area contributed by atoms with Crippen LogP contribution in [0.3, 0.4) is 0 Å². The van der Waals surface area contributed by atoms with Gasteiger partial charge in [-0.3, -0.25) is 9.59 Å². The monoisotopic (exact) mass is 412 g/mol. The van der Waals surface area contributed by atoms with Crippen molar-refractivity contribution in [3.8, 4) is 11.5 Å². The second kappa shape index (κ2) is 11.9. The molecule has 2 unspecified atom stereocenters. The maximum atomic E-state index is 13.0. The molecule has 30 heavy (non-hydrogen) atoms. The number of carbonyl (C=O) groups excluding carboxylic acids is 2. The molecule has 0 aliphatic carbocycles. The molecule has 0 bridgehead atoms. The Labute approximate surface area is 179 Å². The lowest BCUT2D eigenvalue weighted by Gasteiger charge is -2.29. The van der Waals surface area contributed by atoms with Gasteiger partial charge >= 0.3 is 0 Å². The van der Waals surface area contributed by atoms with Gasteiger partial charge in [0.25, 0.3) is 5.91 Å². The number of hydrogen-bond acceptors (Lipinski definition) is 4. The molecule has 2 aromatic carbocycles. The van der Waals surface area contributed by atoms with E-state index in [9.17, 15) is 9.59 Å². The molecule has 2 rings (SSSR count). The van der Waals surface area contributed by atoms with Crippen molar-refractivity contribution in [2.24, 2.45) is 0 Å². The number of carbonyl (C=O) groups is 2. The van der Waals surface area contributed by atoms with Gasteiger partial charge in [-0.25, -0.2) is 0 Å². The summed E-state index contributed by atoms with van der Waals surface area (Å²) in [5.74, 6) is 0.904. The van der Waals surface area contributed by atoms with E-state index in [2.05, 4.69) is 5.32 Å². The minimum atomic E-state index is -0.588. The number of methoxy groups -OCH3 is 1. The van der Waals surface area contributed by atoms with Gasteiger partial charge in [0.2, 0.25) is 5.91 Å². The van der Waals surface area contributed by atoms with Crippen molar-refractivity contribution >= 4 is 11.8 Å². The van der Waals surface area contributed by atoms with Gasteiger partial charge in [0.15, 0.2) is 6.61 Å². The Kier molecular flexibility index (Phi) is 9.19. The zero-order valence-corrected chi connectivity index (χ0v) is 18.3. The Morgan fingerprint density at radius 2 is 1.63 bits per heavy atom. The third kappa shape index (κ3) is 7.10. The molecule has 0 saturated carbocycles. The van der Waals surface area contributed by atoms with Gasteiger partial charge in [0.05, 0.1) is 7.11 Å². The first-order valence-electron chi connectivity index (χ1n) is 10.3. The average molecular weight is 413 g/mol. The van der Waals surface area contributed by atoms with Crippen LogP contribution >= 0.6 is 0 Å². The molecule has 0 spiro atoms. The van der Waals surface area contributed by atoms with Crippen LogP contribution in [0.4, 0.5) is 0 Å². The predicted molar refractivity (Wildman–Crippen MR) is 118 cm³/mol. The van der Waals surface area contributed by atoms with Crippen molar-refractivity contribution in [3.63, 3.8) is 0 Å². The van der Waals surface area contributed by atoms with Crippen LogP contribution in [0.2, 0.25) is 0 Å². The van der Waals surface area contributed by atoms with E-state index >= 15 is 0 Å². The Morgan fingerprint density at radius 1 is 1.00 bits per heavy atom. The number of hydrogen-bond donors (Lipinski definition) is 1. The van der Waals surface area contributed by atoms with E-state index in [1.165, 1.54) is 0 Å². The van der Waals surface area contributed by atoms with E-state index < -0.39 is 6.04 Å². The molecule has 0 aromatic heterocycles. The fraction of sp³-hybridized carbons (Fsp3) is 0.417. The molecule has 1 N–H and O–H groups in total. The van der Waals surface area contributed by atoms with Crippen molar-refractivity contribution in [2.45, 2.75) is 45.7 Å². The number of amides is 2. The summed E-state index contributed by atoms with van der Waals surface area (Å²) >= 11 is 0. The zero-order chi connectivity index (χ0) is 21.9. The summed E-state index contributed by atoms with van der Waals surface area (Å²) < 4.78 is 10.8. The third-order valence-electron chi connectivity index (χ3n) is 5.07. The number of benzene rings is 2. The van der Waals surface area contributed by atoms with Gasteiger partial charge in [-0.1, -0.05) is 37.3 Å².